The second-order valence-corrected chi connectivity index (χ2v) is 8.77. The van der Waals surface area contributed by atoms with Crippen LogP contribution in [0.3, 0.4) is 0 Å². The second-order valence-electron chi connectivity index (χ2n) is 7.96. The Hall–Kier alpha value is -3.28. The number of fused-ring (bicyclic) bond motifs is 2. The number of nitrogens with zero attached hydrogens (tertiary/aromatic N) is 2. The molecule has 0 radical (unpaired) electrons. The van der Waals surface area contributed by atoms with Gasteiger partial charge in [-0.05, 0) is 60.4 Å². The molecule has 0 fully saturated rings. The summed E-state index contributed by atoms with van der Waals surface area (Å²) in [4.78, 5) is 26.4. The first-order valence-electron chi connectivity index (χ1n) is 10.8. The molecule has 5 rings (SSSR count). The van der Waals surface area contributed by atoms with Gasteiger partial charge in [0, 0.05) is 40.2 Å². The van der Waals surface area contributed by atoms with Gasteiger partial charge in [-0.2, -0.15) is 0 Å². The molecule has 2 heterocycles. The van der Waals surface area contributed by atoms with Gasteiger partial charge in [-0.25, -0.2) is 4.98 Å². The van der Waals surface area contributed by atoms with Gasteiger partial charge in [0.1, 0.15) is 0 Å². The molecule has 7 heteroatoms. The standard InChI is InChI=1S/C26H22Cl2N4O/c27-10-4-12-32(21-7-8-22-18(15-21)9-11-29-22)26(33)25-30-23-16-20(28)14-19(24(23)31-25)13-17-5-2-1-3-6-17/h1-3,5-9,11,14-16,29H,4,10,12-13H2,(H,30,31). The van der Waals surface area contributed by atoms with E-state index in [0.29, 0.717) is 30.3 Å². The van der Waals surface area contributed by atoms with Gasteiger partial charge in [0.05, 0.1) is 11.0 Å². The highest BCUT2D eigenvalue weighted by molar-refractivity contribution is 6.31. The maximum atomic E-state index is 13.6. The van der Waals surface area contributed by atoms with Crippen LogP contribution in [-0.2, 0) is 6.42 Å². The molecule has 3 aromatic carbocycles. The molecule has 2 aromatic heterocycles. The number of nitrogens with one attached hydrogen (secondary N) is 2. The molecule has 166 valence electrons. The molecule has 0 atom stereocenters. The van der Waals surface area contributed by atoms with Crippen molar-refractivity contribution in [3.8, 4) is 0 Å². The van der Waals surface area contributed by atoms with E-state index in [1.165, 1.54) is 0 Å². The summed E-state index contributed by atoms with van der Waals surface area (Å²) in [5.74, 6) is 0.547. The molecule has 0 bridgehead atoms. The van der Waals surface area contributed by atoms with E-state index in [4.69, 9.17) is 28.2 Å². The largest absolute Gasteiger partial charge is 0.361 e. The fourth-order valence-corrected chi connectivity index (χ4v) is 4.46. The summed E-state index contributed by atoms with van der Waals surface area (Å²) in [5.41, 5.74) is 5.45. The van der Waals surface area contributed by atoms with Crippen molar-refractivity contribution in [3.05, 3.63) is 94.9 Å². The molecule has 1 amide bonds. The Morgan fingerprint density at radius 1 is 1.00 bits per heavy atom. The minimum absolute atomic E-state index is 0.201. The Kier molecular flexibility index (Phi) is 6.07. The number of rotatable bonds is 7. The Morgan fingerprint density at radius 3 is 2.67 bits per heavy atom. The molecule has 0 unspecified atom stereocenters. The molecule has 0 aliphatic heterocycles. The number of carbonyl (C=O) groups is 1. The molecule has 0 spiro atoms. The van der Waals surface area contributed by atoms with E-state index in [1.807, 2.05) is 60.8 Å². The lowest BCUT2D eigenvalue weighted by Gasteiger charge is -2.21. The van der Waals surface area contributed by atoms with Crippen LogP contribution in [-0.4, -0.2) is 33.3 Å². The van der Waals surface area contributed by atoms with Crippen molar-refractivity contribution < 1.29 is 4.79 Å². The first kappa shape index (κ1) is 21.6. The minimum Gasteiger partial charge on any atom is -0.361 e. The number of hydrogen-bond donors (Lipinski definition) is 2. The predicted molar refractivity (Wildman–Crippen MR) is 136 cm³/mol. The number of aromatic amines is 2. The number of imidazole rings is 1. The Labute approximate surface area is 201 Å². The Morgan fingerprint density at radius 2 is 1.85 bits per heavy atom. The van der Waals surface area contributed by atoms with Gasteiger partial charge in [-0.15, -0.1) is 11.6 Å². The number of hydrogen-bond acceptors (Lipinski definition) is 2. The Bertz CT molecular complexity index is 1420. The summed E-state index contributed by atoms with van der Waals surface area (Å²) in [6.07, 6.45) is 3.23. The molecule has 0 saturated carbocycles. The highest BCUT2D eigenvalue weighted by Gasteiger charge is 2.22. The van der Waals surface area contributed by atoms with Crippen LogP contribution in [0.25, 0.3) is 21.9 Å². The fourth-order valence-electron chi connectivity index (χ4n) is 4.10. The molecular formula is C26H22Cl2N4O. The number of halogens is 2. The lowest BCUT2D eigenvalue weighted by Crippen LogP contribution is -2.33. The maximum absolute atomic E-state index is 13.6. The molecule has 5 nitrogen and oxygen atoms in total. The van der Waals surface area contributed by atoms with Gasteiger partial charge >= 0.3 is 0 Å². The van der Waals surface area contributed by atoms with Crippen LogP contribution < -0.4 is 4.90 Å². The summed E-state index contributed by atoms with van der Waals surface area (Å²) in [6, 6.07) is 21.8. The van der Waals surface area contributed by atoms with Crippen molar-refractivity contribution in [2.24, 2.45) is 0 Å². The molecule has 0 aliphatic carbocycles. The topological polar surface area (TPSA) is 64.8 Å². The zero-order chi connectivity index (χ0) is 22.8. The summed E-state index contributed by atoms with van der Waals surface area (Å²) in [7, 11) is 0. The molecule has 0 aliphatic rings. The molecule has 5 aromatic rings. The van der Waals surface area contributed by atoms with Gasteiger partial charge in [0.2, 0.25) is 0 Å². The van der Waals surface area contributed by atoms with Crippen molar-refractivity contribution in [1.82, 2.24) is 15.0 Å². The SMILES string of the molecule is O=C(c1nc2c(Cc3ccccc3)cc(Cl)cc2[nH]1)N(CCCCl)c1ccc2[nH]ccc2c1. The smallest absolute Gasteiger partial charge is 0.294 e. The van der Waals surface area contributed by atoms with E-state index in [9.17, 15) is 4.79 Å². The number of benzene rings is 3. The second kappa shape index (κ2) is 9.30. The van der Waals surface area contributed by atoms with Crippen molar-refractivity contribution in [2.45, 2.75) is 12.8 Å². The quantitative estimate of drug-likeness (QED) is 0.261. The number of carbonyl (C=O) groups excluding carboxylic acids is 1. The third-order valence-corrected chi connectivity index (χ3v) is 6.16. The summed E-state index contributed by atoms with van der Waals surface area (Å²) in [5, 5.41) is 1.64. The van der Waals surface area contributed by atoms with Crippen LogP contribution >= 0.6 is 23.2 Å². The predicted octanol–water partition coefficient (Wildman–Crippen LogP) is 6.56. The van der Waals surface area contributed by atoms with Gasteiger partial charge in [-0.3, -0.25) is 4.79 Å². The number of amides is 1. The van der Waals surface area contributed by atoms with Gasteiger partial charge in [0.25, 0.3) is 5.91 Å². The van der Waals surface area contributed by atoms with Crippen molar-refractivity contribution in [2.75, 3.05) is 17.3 Å². The monoisotopic (exact) mass is 476 g/mol. The Balaban J connectivity index is 1.53. The van der Waals surface area contributed by atoms with E-state index < -0.39 is 0 Å². The van der Waals surface area contributed by atoms with Crippen LogP contribution in [0.15, 0.2) is 72.9 Å². The van der Waals surface area contributed by atoms with Crippen LogP contribution in [0.1, 0.15) is 28.2 Å². The van der Waals surface area contributed by atoms with E-state index >= 15 is 0 Å². The number of alkyl halides is 1. The first-order valence-corrected chi connectivity index (χ1v) is 11.7. The average Bonchev–Trinajstić information content (AvgIpc) is 3.46. The zero-order valence-corrected chi connectivity index (χ0v) is 19.3. The lowest BCUT2D eigenvalue weighted by molar-refractivity contribution is 0.0978. The fraction of sp³-hybridized carbons (Fsp3) is 0.154. The molecule has 33 heavy (non-hydrogen) atoms. The van der Waals surface area contributed by atoms with E-state index in [2.05, 4.69) is 22.1 Å². The third kappa shape index (κ3) is 4.47. The number of anilines is 1. The van der Waals surface area contributed by atoms with E-state index in [1.54, 1.807) is 4.90 Å². The third-order valence-electron chi connectivity index (χ3n) is 5.68. The van der Waals surface area contributed by atoms with Crippen LogP contribution in [0.4, 0.5) is 5.69 Å². The van der Waals surface area contributed by atoms with Gasteiger partial charge in [-0.1, -0.05) is 41.9 Å². The van der Waals surface area contributed by atoms with Crippen molar-refractivity contribution in [1.29, 1.82) is 0 Å². The summed E-state index contributed by atoms with van der Waals surface area (Å²) >= 11 is 12.3. The lowest BCUT2D eigenvalue weighted by atomic mass is 10.0. The van der Waals surface area contributed by atoms with Crippen molar-refractivity contribution in [3.63, 3.8) is 0 Å². The van der Waals surface area contributed by atoms with Gasteiger partial charge in [0.15, 0.2) is 5.82 Å². The highest BCUT2D eigenvalue weighted by Crippen LogP contribution is 2.27. The van der Waals surface area contributed by atoms with Crippen LogP contribution in [0.2, 0.25) is 5.02 Å². The maximum Gasteiger partial charge on any atom is 0.294 e. The summed E-state index contributed by atoms with van der Waals surface area (Å²) < 4.78 is 0. The van der Waals surface area contributed by atoms with Crippen LogP contribution in [0.5, 0.6) is 0 Å². The summed E-state index contributed by atoms with van der Waals surface area (Å²) in [6.45, 7) is 0.493. The molecular weight excluding hydrogens is 455 g/mol. The van der Waals surface area contributed by atoms with Crippen LogP contribution in [0, 0.1) is 0 Å². The minimum atomic E-state index is -0.201. The number of aromatic nitrogens is 3. The zero-order valence-electron chi connectivity index (χ0n) is 17.8. The highest BCUT2D eigenvalue weighted by atomic mass is 35.5. The molecule has 0 saturated heterocycles. The number of H-pyrrole nitrogens is 2. The normalized spacial score (nSPS) is 11.3. The first-order chi connectivity index (χ1) is 16.1. The van der Waals surface area contributed by atoms with Crippen molar-refractivity contribution >= 4 is 56.7 Å². The van der Waals surface area contributed by atoms with E-state index in [-0.39, 0.29) is 11.7 Å². The van der Waals surface area contributed by atoms with Gasteiger partial charge < -0.3 is 14.9 Å². The molecule has 2 N–H and O–H groups in total. The average molecular weight is 477 g/mol. The van der Waals surface area contributed by atoms with E-state index in [0.717, 1.165) is 38.8 Å².